The van der Waals surface area contributed by atoms with E-state index in [1.807, 2.05) is 0 Å². The van der Waals surface area contributed by atoms with E-state index in [0.29, 0.717) is 12.3 Å². The van der Waals surface area contributed by atoms with Crippen molar-refractivity contribution in [3.8, 4) is 22.6 Å². The van der Waals surface area contributed by atoms with Crippen LogP contribution in [-0.2, 0) is 14.3 Å². The number of Topliss-reactive ketones (excluding diaryl/α,β-unsaturated/α-hetero) is 1. The molecule has 2 N–H and O–H groups in total. The zero-order chi connectivity index (χ0) is 22.9. The van der Waals surface area contributed by atoms with Gasteiger partial charge in [0.15, 0.2) is 23.3 Å². The second-order valence-corrected chi connectivity index (χ2v) is 9.07. The Kier molecular flexibility index (Phi) is 4.47. The molecule has 0 amide bonds. The van der Waals surface area contributed by atoms with Gasteiger partial charge in [-0.3, -0.25) is 14.4 Å². The first kappa shape index (κ1) is 20.7. The molecule has 0 bridgehead atoms. The molecule has 32 heavy (non-hydrogen) atoms. The Morgan fingerprint density at radius 1 is 1.16 bits per heavy atom. The van der Waals surface area contributed by atoms with Crippen molar-refractivity contribution in [2.45, 2.75) is 57.8 Å². The SMILES string of the molecule is CCC(C)CCC(=O)O[C@@H]1c2c(cc(O)c3c2C(=O)c2cccc(O)c2-3)C(=O)[C@@]2(C)O[C@@H]12. The van der Waals surface area contributed by atoms with Gasteiger partial charge in [-0.25, -0.2) is 0 Å². The highest BCUT2D eigenvalue weighted by Gasteiger charge is 2.68. The zero-order valence-corrected chi connectivity index (χ0v) is 18.1. The van der Waals surface area contributed by atoms with E-state index < -0.39 is 29.6 Å². The summed E-state index contributed by atoms with van der Waals surface area (Å²) in [5, 5.41) is 21.1. The number of rotatable bonds is 5. The van der Waals surface area contributed by atoms with Crippen molar-refractivity contribution in [2.75, 3.05) is 0 Å². The number of aromatic hydroxyl groups is 2. The minimum absolute atomic E-state index is 0.0853. The van der Waals surface area contributed by atoms with Gasteiger partial charge in [-0.1, -0.05) is 32.4 Å². The average Bonchev–Trinajstić information content (AvgIpc) is 3.38. The molecule has 1 aliphatic heterocycles. The summed E-state index contributed by atoms with van der Waals surface area (Å²) in [6.07, 6.45) is 0.178. The maximum atomic E-state index is 13.3. The minimum Gasteiger partial charge on any atom is -0.507 e. The number of phenolic OH excluding ortho intramolecular Hbond substituents is 2. The standard InChI is InChI=1S/C25H24O7/c1-4-11(2)8-9-16(28)31-22-18-13(23(30)25(3)24(22)32-25)10-15(27)19-17-12(21(29)20(18)19)6-5-7-14(17)26/h5-7,10-11,22,24,26-27H,4,8-9H2,1-3H3/t11?,22-,24+,25-/m1/s1. The Morgan fingerprint density at radius 2 is 1.91 bits per heavy atom. The zero-order valence-electron chi connectivity index (χ0n) is 18.1. The largest absolute Gasteiger partial charge is 0.507 e. The van der Waals surface area contributed by atoms with Crippen molar-refractivity contribution in [2.24, 2.45) is 5.92 Å². The second-order valence-electron chi connectivity index (χ2n) is 9.07. The predicted octanol–water partition coefficient (Wildman–Crippen LogP) is 4.07. The van der Waals surface area contributed by atoms with Crippen molar-refractivity contribution in [3.05, 3.63) is 46.5 Å². The molecule has 2 aromatic rings. The molecule has 7 heteroatoms. The van der Waals surface area contributed by atoms with Crippen LogP contribution in [0.3, 0.4) is 0 Å². The lowest BCUT2D eigenvalue weighted by Gasteiger charge is -2.27. The van der Waals surface area contributed by atoms with E-state index in [2.05, 4.69) is 13.8 Å². The van der Waals surface area contributed by atoms with Gasteiger partial charge in [0.25, 0.3) is 0 Å². The molecule has 1 saturated heterocycles. The first-order chi connectivity index (χ1) is 15.2. The van der Waals surface area contributed by atoms with Crippen LogP contribution in [0.25, 0.3) is 11.1 Å². The Balaban J connectivity index is 1.64. The summed E-state index contributed by atoms with van der Waals surface area (Å²) in [7, 11) is 0. The third-order valence-electron chi connectivity index (χ3n) is 7.02. The lowest BCUT2D eigenvalue weighted by atomic mass is 9.78. The first-order valence-corrected chi connectivity index (χ1v) is 10.9. The quantitative estimate of drug-likeness (QED) is 0.458. The summed E-state index contributed by atoms with van der Waals surface area (Å²) in [6, 6.07) is 5.81. The molecule has 1 fully saturated rings. The number of fused-ring (bicyclic) bond motifs is 6. The molecule has 2 aromatic carbocycles. The number of benzene rings is 2. The Labute approximate surface area is 185 Å². The number of esters is 1. The van der Waals surface area contributed by atoms with Gasteiger partial charge in [-0.05, 0) is 31.4 Å². The van der Waals surface area contributed by atoms with E-state index in [4.69, 9.17) is 9.47 Å². The highest BCUT2D eigenvalue weighted by atomic mass is 16.6. The molecule has 0 aromatic heterocycles. The topological polar surface area (TPSA) is 113 Å². The molecule has 4 atom stereocenters. The summed E-state index contributed by atoms with van der Waals surface area (Å²) in [6.45, 7) is 5.73. The number of carbonyl (C=O) groups excluding carboxylic acids is 3. The van der Waals surface area contributed by atoms with Crippen LogP contribution in [0, 0.1) is 5.92 Å². The lowest BCUT2D eigenvalue weighted by molar-refractivity contribution is -0.151. The minimum atomic E-state index is -1.16. The van der Waals surface area contributed by atoms with Gasteiger partial charge in [0.2, 0.25) is 0 Å². The van der Waals surface area contributed by atoms with Crippen LogP contribution >= 0.6 is 0 Å². The summed E-state index contributed by atoms with van der Waals surface area (Å²) in [4.78, 5) is 39.1. The number of phenols is 2. The highest BCUT2D eigenvalue weighted by Crippen LogP contribution is 2.58. The third-order valence-corrected chi connectivity index (χ3v) is 7.02. The van der Waals surface area contributed by atoms with Gasteiger partial charge in [-0.2, -0.15) is 0 Å². The molecular formula is C25H24O7. The highest BCUT2D eigenvalue weighted by molar-refractivity contribution is 6.26. The van der Waals surface area contributed by atoms with Crippen LogP contribution in [-0.4, -0.2) is 39.5 Å². The van der Waals surface area contributed by atoms with Crippen LogP contribution in [0.2, 0.25) is 0 Å². The first-order valence-electron chi connectivity index (χ1n) is 10.9. The van der Waals surface area contributed by atoms with E-state index in [-0.39, 0.29) is 57.1 Å². The molecule has 0 radical (unpaired) electrons. The molecule has 1 heterocycles. The molecule has 166 valence electrons. The predicted molar refractivity (Wildman–Crippen MR) is 114 cm³/mol. The summed E-state index contributed by atoms with van der Waals surface area (Å²) >= 11 is 0. The van der Waals surface area contributed by atoms with Gasteiger partial charge in [0, 0.05) is 39.8 Å². The molecule has 0 spiro atoms. The molecule has 0 saturated carbocycles. The number of ketones is 2. The van der Waals surface area contributed by atoms with Crippen LogP contribution < -0.4 is 0 Å². The van der Waals surface area contributed by atoms with E-state index in [1.54, 1.807) is 19.1 Å². The Hall–Kier alpha value is -3.19. The maximum absolute atomic E-state index is 13.3. The molecule has 3 aliphatic rings. The normalized spacial score (nSPS) is 25.5. The summed E-state index contributed by atoms with van der Waals surface area (Å²) < 4.78 is 11.5. The fourth-order valence-electron chi connectivity index (χ4n) is 4.85. The molecule has 1 unspecified atom stereocenters. The third kappa shape index (κ3) is 2.73. The van der Waals surface area contributed by atoms with Gasteiger partial charge in [-0.15, -0.1) is 0 Å². The summed E-state index contributed by atoms with van der Waals surface area (Å²) in [5.74, 6) is -1.30. The van der Waals surface area contributed by atoms with Gasteiger partial charge in [0.1, 0.15) is 17.6 Å². The van der Waals surface area contributed by atoms with Crippen LogP contribution in [0.1, 0.15) is 78.0 Å². The lowest BCUT2D eigenvalue weighted by Crippen LogP contribution is -2.36. The molecule has 5 rings (SSSR count). The number of epoxide rings is 1. The van der Waals surface area contributed by atoms with Gasteiger partial charge >= 0.3 is 5.97 Å². The van der Waals surface area contributed by atoms with Crippen molar-refractivity contribution in [3.63, 3.8) is 0 Å². The monoisotopic (exact) mass is 436 g/mol. The molecular weight excluding hydrogens is 412 g/mol. The second kappa shape index (κ2) is 6.90. The van der Waals surface area contributed by atoms with Gasteiger partial charge in [0.05, 0.1) is 0 Å². The van der Waals surface area contributed by atoms with E-state index >= 15 is 0 Å². The number of hydrogen-bond donors (Lipinski definition) is 2. The number of hydrogen-bond acceptors (Lipinski definition) is 7. The Bertz CT molecular complexity index is 1200. The molecule has 7 nitrogen and oxygen atoms in total. The smallest absolute Gasteiger partial charge is 0.306 e. The van der Waals surface area contributed by atoms with Crippen molar-refractivity contribution in [1.82, 2.24) is 0 Å². The van der Waals surface area contributed by atoms with E-state index in [9.17, 15) is 24.6 Å². The van der Waals surface area contributed by atoms with E-state index in [1.165, 1.54) is 12.1 Å². The molecule has 2 aliphatic carbocycles. The van der Waals surface area contributed by atoms with Crippen molar-refractivity contribution >= 4 is 17.5 Å². The van der Waals surface area contributed by atoms with Gasteiger partial charge < -0.3 is 19.7 Å². The van der Waals surface area contributed by atoms with Crippen molar-refractivity contribution < 1.29 is 34.1 Å². The van der Waals surface area contributed by atoms with Crippen molar-refractivity contribution in [1.29, 1.82) is 0 Å². The van der Waals surface area contributed by atoms with E-state index in [0.717, 1.165) is 6.42 Å². The van der Waals surface area contributed by atoms with Crippen LogP contribution in [0.15, 0.2) is 24.3 Å². The Morgan fingerprint density at radius 3 is 2.62 bits per heavy atom. The number of ether oxygens (including phenoxy) is 2. The number of carbonyl (C=O) groups is 3. The summed E-state index contributed by atoms with van der Waals surface area (Å²) in [5.41, 5.74) is -0.124. The fourth-order valence-corrected chi connectivity index (χ4v) is 4.85. The average molecular weight is 436 g/mol. The fraction of sp³-hybridized carbons (Fsp3) is 0.400. The maximum Gasteiger partial charge on any atom is 0.306 e. The van der Waals surface area contributed by atoms with Crippen LogP contribution in [0.5, 0.6) is 11.5 Å². The van der Waals surface area contributed by atoms with Crippen LogP contribution in [0.4, 0.5) is 0 Å².